The number of ether oxygens (including phenoxy) is 1. The minimum absolute atomic E-state index is 0.0892. The van der Waals surface area contributed by atoms with Crippen molar-refractivity contribution in [2.75, 3.05) is 6.61 Å². The number of hydrogen-bond acceptors (Lipinski definition) is 4. The Balaban J connectivity index is 2.15. The summed E-state index contributed by atoms with van der Waals surface area (Å²) in [6.07, 6.45) is 3.20. The molecule has 7 heteroatoms. The number of carbonyl (C=O) groups excluding carboxylic acids is 1. The molecule has 5 nitrogen and oxygen atoms in total. The third-order valence-electron chi connectivity index (χ3n) is 3.58. The number of allylic oxidation sites excluding steroid dienone is 1. The van der Waals surface area contributed by atoms with Crippen LogP contribution in [0.2, 0.25) is 5.02 Å². The zero-order valence-electron chi connectivity index (χ0n) is 14.3. The minimum atomic E-state index is -3.75. The van der Waals surface area contributed by atoms with Crippen LogP contribution in [0.1, 0.15) is 24.9 Å². The normalized spacial score (nSPS) is 12.8. The number of esters is 1. The predicted octanol–water partition coefficient (Wildman–Crippen LogP) is 3.87. The molecule has 2 aromatic rings. The van der Waals surface area contributed by atoms with Gasteiger partial charge in [0.2, 0.25) is 10.0 Å². The Morgan fingerprint density at radius 2 is 1.81 bits per heavy atom. The van der Waals surface area contributed by atoms with Crippen LogP contribution in [0.4, 0.5) is 0 Å². The average Bonchev–Trinajstić information content (AvgIpc) is 2.62. The molecule has 1 atom stereocenters. The van der Waals surface area contributed by atoms with Crippen LogP contribution in [-0.4, -0.2) is 21.0 Å². The summed E-state index contributed by atoms with van der Waals surface area (Å²) in [6.45, 7) is 1.81. The first-order valence-corrected chi connectivity index (χ1v) is 9.91. The highest BCUT2D eigenvalue weighted by atomic mass is 35.5. The molecule has 1 unspecified atom stereocenters. The molecule has 0 aromatic heterocycles. The maximum atomic E-state index is 12.7. The van der Waals surface area contributed by atoms with Crippen molar-refractivity contribution in [3.8, 4) is 0 Å². The van der Waals surface area contributed by atoms with Gasteiger partial charge in [-0.2, -0.15) is 0 Å². The molecule has 0 aliphatic carbocycles. The Bertz CT molecular complexity index is 849. The van der Waals surface area contributed by atoms with Crippen molar-refractivity contribution >= 4 is 27.6 Å². The molecular weight excluding hydrogens is 374 g/mol. The van der Waals surface area contributed by atoms with E-state index in [0.717, 1.165) is 5.56 Å². The van der Waals surface area contributed by atoms with Gasteiger partial charge in [0.05, 0.1) is 17.5 Å². The number of hydrogen-bond donors (Lipinski definition) is 1. The minimum Gasteiger partial charge on any atom is -0.462 e. The third-order valence-corrected chi connectivity index (χ3v) is 5.32. The lowest BCUT2D eigenvalue weighted by atomic mass is 10.1. The lowest BCUT2D eigenvalue weighted by Crippen LogP contribution is -2.29. The summed E-state index contributed by atoms with van der Waals surface area (Å²) in [5.41, 5.74) is 0.784. The van der Waals surface area contributed by atoms with Gasteiger partial charge in [0.1, 0.15) is 0 Å². The van der Waals surface area contributed by atoms with Crippen LogP contribution in [-0.2, 0) is 19.6 Å². The maximum absolute atomic E-state index is 12.7. The second-order valence-electron chi connectivity index (χ2n) is 5.49. The predicted molar refractivity (Wildman–Crippen MR) is 101 cm³/mol. The highest BCUT2D eigenvalue weighted by molar-refractivity contribution is 7.89. The summed E-state index contributed by atoms with van der Waals surface area (Å²) in [6, 6.07) is 14.5. The van der Waals surface area contributed by atoms with E-state index in [1.165, 1.54) is 30.3 Å². The van der Waals surface area contributed by atoms with E-state index in [0.29, 0.717) is 11.4 Å². The van der Waals surface area contributed by atoms with E-state index in [1.807, 2.05) is 30.3 Å². The molecule has 0 aliphatic rings. The molecule has 0 amide bonds. The summed E-state index contributed by atoms with van der Waals surface area (Å²) >= 11 is 5.82. The molecule has 0 heterocycles. The van der Waals surface area contributed by atoms with Crippen LogP contribution in [0.15, 0.2) is 71.6 Å². The first-order valence-electron chi connectivity index (χ1n) is 8.04. The molecule has 2 rings (SSSR count). The molecule has 26 heavy (non-hydrogen) atoms. The molecule has 0 saturated heterocycles. The number of carbonyl (C=O) groups is 1. The zero-order chi connectivity index (χ0) is 19.0. The number of sulfonamides is 1. The van der Waals surface area contributed by atoms with Gasteiger partial charge < -0.3 is 4.74 Å². The van der Waals surface area contributed by atoms with Gasteiger partial charge in [0.25, 0.3) is 0 Å². The SMILES string of the molecule is CC=CC(=O)OCCC(NS(=O)(=O)c1ccc(Cl)cc1)c1ccccc1. The van der Waals surface area contributed by atoms with Crippen LogP contribution in [0.3, 0.4) is 0 Å². The van der Waals surface area contributed by atoms with Crippen molar-refractivity contribution in [3.05, 3.63) is 77.3 Å². The standard InChI is InChI=1S/C19H20ClNO4S/c1-2-6-19(22)25-14-13-18(15-7-4-3-5-8-15)21-26(23,24)17-11-9-16(20)10-12-17/h2-12,18,21H,13-14H2,1H3. The van der Waals surface area contributed by atoms with Gasteiger partial charge in [-0.15, -0.1) is 0 Å². The Labute approximate surface area is 158 Å². The number of nitrogens with one attached hydrogen (secondary N) is 1. The van der Waals surface area contributed by atoms with E-state index in [-0.39, 0.29) is 11.5 Å². The summed E-state index contributed by atoms with van der Waals surface area (Å²) < 4.78 is 33.1. The van der Waals surface area contributed by atoms with Crippen molar-refractivity contribution in [3.63, 3.8) is 0 Å². The smallest absolute Gasteiger partial charge is 0.330 e. The van der Waals surface area contributed by atoms with E-state index >= 15 is 0 Å². The zero-order valence-corrected chi connectivity index (χ0v) is 15.8. The monoisotopic (exact) mass is 393 g/mol. The van der Waals surface area contributed by atoms with Crippen LogP contribution in [0, 0.1) is 0 Å². The van der Waals surface area contributed by atoms with E-state index in [4.69, 9.17) is 16.3 Å². The van der Waals surface area contributed by atoms with E-state index < -0.39 is 22.0 Å². The molecular formula is C19H20ClNO4S. The molecule has 0 radical (unpaired) electrons. The quantitative estimate of drug-likeness (QED) is 0.545. The molecule has 0 spiro atoms. The fourth-order valence-electron chi connectivity index (χ4n) is 2.31. The molecule has 1 N–H and O–H groups in total. The Morgan fingerprint density at radius 3 is 2.42 bits per heavy atom. The Kier molecular flexibility index (Phi) is 7.38. The van der Waals surface area contributed by atoms with Crippen LogP contribution >= 0.6 is 11.6 Å². The van der Waals surface area contributed by atoms with Crippen LogP contribution < -0.4 is 4.72 Å². The number of benzene rings is 2. The number of rotatable bonds is 8. The van der Waals surface area contributed by atoms with Crippen molar-refractivity contribution in [2.45, 2.75) is 24.3 Å². The van der Waals surface area contributed by atoms with Gasteiger partial charge >= 0.3 is 5.97 Å². The van der Waals surface area contributed by atoms with Crippen LogP contribution in [0.5, 0.6) is 0 Å². The Hall–Kier alpha value is -2.15. The highest BCUT2D eigenvalue weighted by Crippen LogP contribution is 2.21. The summed E-state index contributed by atoms with van der Waals surface area (Å²) in [5.74, 6) is -0.458. The van der Waals surface area contributed by atoms with Gasteiger partial charge in [-0.25, -0.2) is 17.9 Å². The number of halogens is 1. The average molecular weight is 394 g/mol. The molecule has 0 bridgehead atoms. The third kappa shape index (κ3) is 5.98. The van der Waals surface area contributed by atoms with Gasteiger partial charge in [-0.05, 0) is 36.8 Å². The van der Waals surface area contributed by atoms with Crippen molar-refractivity contribution < 1.29 is 17.9 Å². The van der Waals surface area contributed by atoms with E-state index in [1.54, 1.807) is 13.0 Å². The van der Waals surface area contributed by atoms with Gasteiger partial charge in [0.15, 0.2) is 0 Å². The van der Waals surface area contributed by atoms with Crippen molar-refractivity contribution in [2.24, 2.45) is 0 Å². The fraction of sp³-hybridized carbons (Fsp3) is 0.211. The topological polar surface area (TPSA) is 72.5 Å². The second kappa shape index (κ2) is 9.52. The van der Waals surface area contributed by atoms with E-state index in [9.17, 15) is 13.2 Å². The molecule has 0 fully saturated rings. The lowest BCUT2D eigenvalue weighted by molar-refractivity contribution is -0.137. The lowest BCUT2D eigenvalue weighted by Gasteiger charge is -2.19. The summed E-state index contributed by atoms with van der Waals surface area (Å²) in [7, 11) is -3.75. The first kappa shape index (κ1) is 20.2. The highest BCUT2D eigenvalue weighted by Gasteiger charge is 2.21. The fourth-order valence-corrected chi connectivity index (χ4v) is 3.69. The van der Waals surface area contributed by atoms with Crippen molar-refractivity contribution in [1.29, 1.82) is 0 Å². The Morgan fingerprint density at radius 1 is 1.15 bits per heavy atom. The maximum Gasteiger partial charge on any atom is 0.330 e. The van der Waals surface area contributed by atoms with E-state index in [2.05, 4.69) is 4.72 Å². The summed E-state index contributed by atoms with van der Waals surface area (Å²) in [5, 5.41) is 0.458. The van der Waals surface area contributed by atoms with Crippen molar-refractivity contribution in [1.82, 2.24) is 4.72 Å². The van der Waals surface area contributed by atoms with Crippen LogP contribution in [0.25, 0.3) is 0 Å². The summed E-state index contributed by atoms with van der Waals surface area (Å²) in [4.78, 5) is 11.6. The second-order valence-corrected chi connectivity index (χ2v) is 7.65. The van der Waals surface area contributed by atoms with Gasteiger partial charge in [-0.3, -0.25) is 0 Å². The molecule has 138 valence electrons. The molecule has 0 aliphatic heterocycles. The van der Waals surface area contributed by atoms with Gasteiger partial charge in [0, 0.05) is 17.5 Å². The van der Waals surface area contributed by atoms with Gasteiger partial charge in [-0.1, -0.05) is 48.0 Å². The largest absolute Gasteiger partial charge is 0.462 e. The molecule has 2 aromatic carbocycles. The molecule has 0 saturated carbocycles. The first-order chi connectivity index (χ1) is 12.4.